The van der Waals surface area contributed by atoms with Crippen LogP contribution in [0.4, 0.5) is 0 Å². The first kappa shape index (κ1) is 17.7. The molecule has 0 bridgehead atoms. The first-order chi connectivity index (χ1) is 13.8. The summed E-state index contributed by atoms with van der Waals surface area (Å²) in [6.07, 6.45) is 5.82. The molecule has 0 radical (unpaired) electrons. The van der Waals surface area contributed by atoms with Crippen molar-refractivity contribution < 1.29 is 4.79 Å². The van der Waals surface area contributed by atoms with Crippen molar-refractivity contribution >= 4 is 17.5 Å². The fourth-order valence-corrected chi connectivity index (χ4v) is 4.76. The van der Waals surface area contributed by atoms with Crippen LogP contribution in [0.5, 0.6) is 0 Å². The fourth-order valence-electron chi connectivity index (χ4n) is 3.92. The van der Waals surface area contributed by atoms with Crippen LogP contribution >= 0.6 is 11.8 Å². The van der Waals surface area contributed by atoms with E-state index in [0.29, 0.717) is 11.7 Å². The molecule has 3 aromatic rings. The summed E-state index contributed by atoms with van der Waals surface area (Å²) >= 11 is 1.51. The lowest BCUT2D eigenvalue weighted by atomic mass is 10.0. The molecule has 142 valence electrons. The molecule has 5 heteroatoms. The zero-order chi connectivity index (χ0) is 18.9. The minimum absolute atomic E-state index is 0.168. The zero-order valence-electron chi connectivity index (χ0n) is 15.8. The van der Waals surface area contributed by atoms with E-state index in [1.54, 1.807) is 0 Å². The van der Waals surface area contributed by atoms with Gasteiger partial charge in [-0.3, -0.25) is 4.79 Å². The summed E-state index contributed by atoms with van der Waals surface area (Å²) in [7, 11) is 0. The highest BCUT2D eigenvalue weighted by Gasteiger charge is 2.30. The zero-order valence-corrected chi connectivity index (χ0v) is 16.6. The summed E-state index contributed by atoms with van der Waals surface area (Å²) in [6.45, 7) is 0.759. The van der Waals surface area contributed by atoms with E-state index in [-0.39, 0.29) is 5.78 Å². The molecule has 28 heavy (non-hydrogen) atoms. The van der Waals surface area contributed by atoms with Crippen LogP contribution in [0.25, 0.3) is 0 Å². The summed E-state index contributed by atoms with van der Waals surface area (Å²) in [6, 6.07) is 16.6. The predicted molar refractivity (Wildman–Crippen MR) is 111 cm³/mol. The van der Waals surface area contributed by atoms with E-state index in [1.807, 2.05) is 12.1 Å². The number of aryl methyl sites for hydroxylation is 2. The van der Waals surface area contributed by atoms with Gasteiger partial charge >= 0.3 is 0 Å². The van der Waals surface area contributed by atoms with Crippen LogP contribution in [0.3, 0.4) is 0 Å². The molecule has 2 aliphatic rings. The molecule has 2 aliphatic carbocycles. The Morgan fingerprint density at radius 1 is 1.04 bits per heavy atom. The normalized spacial score (nSPS) is 15.6. The third kappa shape index (κ3) is 3.63. The molecule has 4 nitrogen and oxygen atoms in total. The van der Waals surface area contributed by atoms with Crippen molar-refractivity contribution in [3.05, 3.63) is 76.6 Å². The molecule has 0 N–H and O–H groups in total. The number of fused-ring (bicyclic) bond motifs is 1. The van der Waals surface area contributed by atoms with Gasteiger partial charge in [0, 0.05) is 11.5 Å². The monoisotopic (exact) mass is 389 g/mol. The van der Waals surface area contributed by atoms with Crippen molar-refractivity contribution in [2.45, 2.75) is 49.7 Å². The van der Waals surface area contributed by atoms with E-state index < -0.39 is 0 Å². The molecule has 1 heterocycles. The molecule has 1 fully saturated rings. The molecule has 0 amide bonds. The molecule has 5 rings (SSSR count). The van der Waals surface area contributed by atoms with Gasteiger partial charge in [-0.25, -0.2) is 0 Å². The largest absolute Gasteiger partial charge is 0.301 e. The molecule has 0 atom stereocenters. The number of hydrogen-bond donors (Lipinski definition) is 0. The van der Waals surface area contributed by atoms with Gasteiger partial charge in [0.1, 0.15) is 5.82 Å². The van der Waals surface area contributed by atoms with E-state index in [4.69, 9.17) is 0 Å². The summed E-state index contributed by atoms with van der Waals surface area (Å²) in [5.74, 6) is 2.16. The Morgan fingerprint density at radius 2 is 1.86 bits per heavy atom. The van der Waals surface area contributed by atoms with Crippen LogP contribution in [0, 0.1) is 0 Å². The maximum atomic E-state index is 12.8. The Balaban J connectivity index is 1.33. The Kier molecular flexibility index (Phi) is 4.77. The van der Waals surface area contributed by atoms with Crippen molar-refractivity contribution in [2.24, 2.45) is 0 Å². The average molecular weight is 390 g/mol. The maximum absolute atomic E-state index is 12.8. The van der Waals surface area contributed by atoms with Crippen LogP contribution in [-0.4, -0.2) is 26.3 Å². The van der Waals surface area contributed by atoms with Gasteiger partial charge in [0.05, 0.1) is 12.3 Å². The van der Waals surface area contributed by atoms with Crippen molar-refractivity contribution in [1.29, 1.82) is 0 Å². The number of nitrogens with zero attached hydrogens (tertiary/aromatic N) is 3. The van der Waals surface area contributed by atoms with Gasteiger partial charge in [-0.15, -0.1) is 10.2 Å². The second-order valence-corrected chi connectivity index (χ2v) is 8.68. The SMILES string of the molecule is O=C(CSc1nnc(C2CC2)n1Cc1ccccc1)c1ccc2c(c1)CCC2. The van der Waals surface area contributed by atoms with Crippen LogP contribution in [0.15, 0.2) is 53.7 Å². The van der Waals surface area contributed by atoms with Crippen LogP contribution in [0.2, 0.25) is 0 Å². The molecule has 2 aromatic carbocycles. The minimum Gasteiger partial charge on any atom is -0.301 e. The summed E-state index contributed by atoms with van der Waals surface area (Å²) < 4.78 is 2.20. The Labute approximate surface area is 169 Å². The molecule has 0 spiro atoms. The van der Waals surface area contributed by atoms with E-state index in [9.17, 15) is 4.79 Å². The summed E-state index contributed by atoms with van der Waals surface area (Å²) in [5.41, 5.74) is 4.81. The highest BCUT2D eigenvalue weighted by Crippen LogP contribution is 2.40. The van der Waals surface area contributed by atoms with Gasteiger partial charge in [-0.2, -0.15) is 0 Å². The predicted octanol–water partition coefficient (Wildman–Crippen LogP) is 4.67. The number of aromatic nitrogens is 3. The molecule has 1 aromatic heterocycles. The van der Waals surface area contributed by atoms with E-state index in [1.165, 1.54) is 47.7 Å². The minimum atomic E-state index is 0.168. The van der Waals surface area contributed by atoms with Gasteiger partial charge in [0.2, 0.25) is 0 Å². The molecule has 0 unspecified atom stereocenters. The number of hydrogen-bond acceptors (Lipinski definition) is 4. The van der Waals surface area contributed by atoms with Gasteiger partial charge in [-0.05, 0) is 54.9 Å². The van der Waals surface area contributed by atoms with Gasteiger partial charge in [0.15, 0.2) is 10.9 Å². The smallest absolute Gasteiger partial charge is 0.191 e. The van der Waals surface area contributed by atoms with Crippen LogP contribution in [-0.2, 0) is 19.4 Å². The van der Waals surface area contributed by atoms with Crippen molar-refractivity contribution in [2.75, 3.05) is 5.75 Å². The lowest BCUT2D eigenvalue weighted by molar-refractivity contribution is 0.102. The fraction of sp³-hybridized carbons (Fsp3) is 0.348. The maximum Gasteiger partial charge on any atom is 0.191 e. The number of ketones is 1. The number of benzene rings is 2. The van der Waals surface area contributed by atoms with Crippen LogP contribution < -0.4 is 0 Å². The number of rotatable bonds is 7. The Morgan fingerprint density at radius 3 is 2.68 bits per heavy atom. The number of thioether (sulfide) groups is 1. The van der Waals surface area contributed by atoms with Gasteiger partial charge < -0.3 is 4.57 Å². The lowest BCUT2D eigenvalue weighted by Gasteiger charge is -2.10. The van der Waals surface area contributed by atoms with E-state index in [2.05, 4.69) is 51.2 Å². The first-order valence-electron chi connectivity index (χ1n) is 10.0. The highest BCUT2D eigenvalue weighted by atomic mass is 32.2. The van der Waals surface area contributed by atoms with Gasteiger partial charge in [0.25, 0.3) is 0 Å². The third-order valence-corrected chi connectivity index (χ3v) is 6.59. The van der Waals surface area contributed by atoms with Crippen molar-refractivity contribution in [3.8, 4) is 0 Å². The molecular weight excluding hydrogens is 366 g/mol. The van der Waals surface area contributed by atoms with Crippen LogP contribution in [0.1, 0.15) is 58.1 Å². The van der Waals surface area contributed by atoms with E-state index in [0.717, 1.165) is 35.9 Å². The van der Waals surface area contributed by atoms with Crippen molar-refractivity contribution in [3.63, 3.8) is 0 Å². The molecule has 1 saturated carbocycles. The second kappa shape index (κ2) is 7.55. The number of carbonyl (C=O) groups is 1. The van der Waals surface area contributed by atoms with Gasteiger partial charge in [-0.1, -0.05) is 54.2 Å². The highest BCUT2D eigenvalue weighted by molar-refractivity contribution is 7.99. The average Bonchev–Trinajstić information content (AvgIpc) is 3.32. The van der Waals surface area contributed by atoms with E-state index >= 15 is 0 Å². The number of carbonyl (C=O) groups excluding carboxylic acids is 1. The number of Topliss-reactive ketones (excluding diaryl/α,β-unsaturated/α-hetero) is 1. The first-order valence-corrected chi connectivity index (χ1v) is 11.0. The molecular formula is C23H23N3OS. The Bertz CT molecular complexity index is 1010. The molecule has 0 saturated heterocycles. The lowest BCUT2D eigenvalue weighted by Crippen LogP contribution is -2.08. The second-order valence-electron chi connectivity index (χ2n) is 7.74. The quantitative estimate of drug-likeness (QED) is 0.435. The Hall–Kier alpha value is -2.40. The molecule has 0 aliphatic heterocycles. The topological polar surface area (TPSA) is 47.8 Å². The summed E-state index contributed by atoms with van der Waals surface area (Å²) in [4.78, 5) is 12.8. The third-order valence-electron chi connectivity index (χ3n) is 5.62. The summed E-state index contributed by atoms with van der Waals surface area (Å²) in [5, 5.41) is 9.72. The van der Waals surface area contributed by atoms with Crippen molar-refractivity contribution in [1.82, 2.24) is 14.8 Å². The standard InChI is InChI=1S/C23H23N3OS/c27-21(20-12-9-17-7-4-8-19(17)13-20)15-28-23-25-24-22(18-10-11-18)26(23)14-16-5-2-1-3-6-16/h1-3,5-6,9,12-13,18H,4,7-8,10-11,14-15H2.